The van der Waals surface area contributed by atoms with Crippen molar-refractivity contribution in [2.45, 2.75) is 45.1 Å². The molecule has 3 rings (SSSR count). The fourth-order valence-electron chi connectivity index (χ4n) is 4.45. The predicted molar refractivity (Wildman–Crippen MR) is 109 cm³/mol. The summed E-state index contributed by atoms with van der Waals surface area (Å²) in [7, 11) is 4.91. The normalized spacial score (nSPS) is 18.8. The second-order valence-electron chi connectivity index (χ2n) is 7.86. The molecular weight excluding hydrogens is 356 g/mol. The first-order chi connectivity index (χ1) is 13.7. The van der Waals surface area contributed by atoms with Crippen LogP contribution in [-0.2, 0) is 11.3 Å². The highest BCUT2D eigenvalue weighted by Gasteiger charge is 2.25. The SMILES string of the molecule is COc1ccc(CN2CCN(C(=O)CC3CCCCC3)CC2)c(OC)c1OC. The zero-order valence-corrected chi connectivity index (χ0v) is 17.5. The van der Waals surface area contributed by atoms with Crippen LogP contribution in [0, 0.1) is 5.92 Å². The quantitative estimate of drug-likeness (QED) is 0.715. The average molecular weight is 391 g/mol. The number of methoxy groups -OCH3 is 3. The molecule has 2 fully saturated rings. The van der Waals surface area contributed by atoms with Crippen LogP contribution in [0.4, 0.5) is 0 Å². The van der Waals surface area contributed by atoms with Crippen LogP contribution in [-0.4, -0.2) is 63.2 Å². The van der Waals surface area contributed by atoms with Crippen LogP contribution in [0.3, 0.4) is 0 Å². The number of benzene rings is 1. The second kappa shape index (κ2) is 10.0. The first-order valence-electron chi connectivity index (χ1n) is 10.4. The third-order valence-corrected chi connectivity index (χ3v) is 6.09. The number of piperazine rings is 1. The molecule has 0 spiro atoms. The van der Waals surface area contributed by atoms with Crippen molar-refractivity contribution in [1.82, 2.24) is 9.80 Å². The lowest BCUT2D eigenvalue weighted by molar-refractivity contribution is -0.134. The van der Waals surface area contributed by atoms with E-state index in [0.29, 0.717) is 23.3 Å². The van der Waals surface area contributed by atoms with Gasteiger partial charge in [-0.15, -0.1) is 0 Å². The topological polar surface area (TPSA) is 51.2 Å². The number of amides is 1. The Balaban J connectivity index is 1.55. The van der Waals surface area contributed by atoms with Gasteiger partial charge >= 0.3 is 0 Å². The van der Waals surface area contributed by atoms with Gasteiger partial charge in [-0.1, -0.05) is 25.3 Å². The first-order valence-corrected chi connectivity index (χ1v) is 10.4. The first kappa shape index (κ1) is 20.8. The Morgan fingerprint density at radius 3 is 2.21 bits per heavy atom. The highest BCUT2D eigenvalue weighted by molar-refractivity contribution is 5.76. The molecule has 1 aromatic rings. The molecule has 1 amide bonds. The number of carbonyl (C=O) groups is 1. The van der Waals surface area contributed by atoms with Gasteiger partial charge in [-0.2, -0.15) is 0 Å². The summed E-state index contributed by atoms with van der Waals surface area (Å²) in [6, 6.07) is 3.95. The third kappa shape index (κ3) is 4.90. The molecule has 0 bridgehead atoms. The van der Waals surface area contributed by atoms with E-state index in [0.717, 1.165) is 50.5 Å². The maximum absolute atomic E-state index is 12.6. The summed E-state index contributed by atoms with van der Waals surface area (Å²) >= 11 is 0. The van der Waals surface area contributed by atoms with Gasteiger partial charge in [-0.3, -0.25) is 9.69 Å². The fraction of sp³-hybridized carbons (Fsp3) is 0.682. The van der Waals surface area contributed by atoms with Crippen LogP contribution in [0.25, 0.3) is 0 Å². The highest BCUT2D eigenvalue weighted by atomic mass is 16.5. The maximum atomic E-state index is 12.6. The lowest BCUT2D eigenvalue weighted by Gasteiger charge is -2.36. The minimum Gasteiger partial charge on any atom is -0.493 e. The molecule has 0 aromatic heterocycles. The van der Waals surface area contributed by atoms with E-state index >= 15 is 0 Å². The standard InChI is InChI=1S/C22H34N2O4/c1-26-19-10-9-18(21(27-2)22(19)28-3)16-23-11-13-24(14-12-23)20(25)15-17-7-5-4-6-8-17/h9-10,17H,4-8,11-16H2,1-3H3. The van der Waals surface area contributed by atoms with E-state index in [1.807, 2.05) is 12.1 Å². The molecule has 1 aromatic carbocycles. The van der Waals surface area contributed by atoms with E-state index in [2.05, 4.69) is 9.80 Å². The van der Waals surface area contributed by atoms with Gasteiger partial charge in [0, 0.05) is 44.7 Å². The molecule has 2 aliphatic rings. The van der Waals surface area contributed by atoms with Crippen molar-refractivity contribution in [2.75, 3.05) is 47.5 Å². The van der Waals surface area contributed by atoms with E-state index in [1.54, 1.807) is 21.3 Å². The Morgan fingerprint density at radius 2 is 1.61 bits per heavy atom. The number of hydrogen-bond acceptors (Lipinski definition) is 5. The molecule has 0 N–H and O–H groups in total. The number of carbonyl (C=O) groups excluding carboxylic acids is 1. The highest BCUT2D eigenvalue weighted by Crippen LogP contribution is 2.40. The molecule has 0 radical (unpaired) electrons. The lowest BCUT2D eigenvalue weighted by atomic mass is 9.86. The second-order valence-corrected chi connectivity index (χ2v) is 7.86. The van der Waals surface area contributed by atoms with E-state index in [-0.39, 0.29) is 0 Å². The van der Waals surface area contributed by atoms with Gasteiger partial charge in [0.05, 0.1) is 21.3 Å². The van der Waals surface area contributed by atoms with Crippen LogP contribution in [0.1, 0.15) is 44.1 Å². The third-order valence-electron chi connectivity index (χ3n) is 6.09. The van der Waals surface area contributed by atoms with Crippen molar-refractivity contribution in [1.29, 1.82) is 0 Å². The molecule has 0 unspecified atom stereocenters. The molecule has 1 saturated carbocycles. The van der Waals surface area contributed by atoms with Crippen molar-refractivity contribution in [3.05, 3.63) is 17.7 Å². The zero-order valence-electron chi connectivity index (χ0n) is 17.5. The van der Waals surface area contributed by atoms with Crippen LogP contribution < -0.4 is 14.2 Å². The summed E-state index contributed by atoms with van der Waals surface area (Å²) in [4.78, 5) is 17.1. The van der Waals surface area contributed by atoms with Gasteiger partial charge in [0.1, 0.15) is 0 Å². The number of nitrogens with zero attached hydrogens (tertiary/aromatic N) is 2. The van der Waals surface area contributed by atoms with Gasteiger partial charge in [-0.05, 0) is 24.8 Å². The van der Waals surface area contributed by atoms with Crippen molar-refractivity contribution in [3.63, 3.8) is 0 Å². The largest absolute Gasteiger partial charge is 0.493 e. The van der Waals surface area contributed by atoms with Crippen molar-refractivity contribution in [2.24, 2.45) is 5.92 Å². The zero-order chi connectivity index (χ0) is 19.9. The minimum atomic E-state index is 0.343. The van der Waals surface area contributed by atoms with Crippen molar-refractivity contribution < 1.29 is 19.0 Å². The summed E-state index contributed by atoms with van der Waals surface area (Å²) in [5, 5.41) is 0. The molecule has 1 saturated heterocycles. The Morgan fingerprint density at radius 1 is 0.929 bits per heavy atom. The van der Waals surface area contributed by atoms with Gasteiger partial charge < -0.3 is 19.1 Å². The molecule has 28 heavy (non-hydrogen) atoms. The van der Waals surface area contributed by atoms with Gasteiger partial charge in [0.15, 0.2) is 11.5 Å². The Hall–Kier alpha value is -1.95. The molecule has 0 atom stereocenters. The molecule has 1 aliphatic heterocycles. The number of rotatable bonds is 7. The molecule has 1 heterocycles. The average Bonchev–Trinajstić information content (AvgIpc) is 2.74. The van der Waals surface area contributed by atoms with E-state index in [1.165, 1.54) is 32.1 Å². The lowest BCUT2D eigenvalue weighted by Crippen LogP contribution is -2.48. The summed E-state index contributed by atoms with van der Waals surface area (Å²) in [6.07, 6.45) is 7.11. The van der Waals surface area contributed by atoms with Crippen LogP contribution >= 0.6 is 0 Å². The summed E-state index contributed by atoms with van der Waals surface area (Å²) in [5.74, 6) is 2.97. The van der Waals surface area contributed by atoms with Gasteiger partial charge in [-0.25, -0.2) is 0 Å². The Kier molecular flexibility index (Phi) is 7.43. The van der Waals surface area contributed by atoms with Gasteiger partial charge in [0.25, 0.3) is 0 Å². The van der Waals surface area contributed by atoms with Gasteiger partial charge in [0.2, 0.25) is 11.7 Å². The maximum Gasteiger partial charge on any atom is 0.222 e. The van der Waals surface area contributed by atoms with Crippen LogP contribution in [0.15, 0.2) is 12.1 Å². The van der Waals surface area contributed by atoms with Crippen molar-refractivity contribution in [3.8, 4) is 17.2 Å². The molecule has 156 valence electrons. The fourth-order valence-corrected chi connectivity index (χ4v) is 4.45. The molecular formula is C22H34N2O4. The van der Waals surface area contributed by atoms with Crippen LogP contribution in [0.2, 0.25) is 0 Å². The molecule has 6 nitrogen and oxygen atoms in total. The smallest absolute Gasteiger partial charge is 0.222 e. The van der Waals surface area contributed by atoms with E-state index in [9.17, 15) is 4.79 Å². The summed E-state index contributed by atoms with van der Waals surface area (Å²) < 4.78 is 16.5. The molecule has 1 aliphatic carbocycles. The van der Waals surface area contributed by atoms with Crippen LogP contribution in [0.5, 0.6) is 17.2 Å². The Labute approximate surface area is 168 Å². The van der Waals surface area contributed by atoms with E-state index in [4.69, 9.17) is 14.2 Å². The number of ether oxygens (including phenoxy) is 3. The van der Waals surface area contributed by atoms with Crippen molar-refractivity contribution >= 4 is 5.91 Å². The summed E-state index contributed by atoms with van der Waals surface area (Å²) in [6.45, 7) is 4.15. The van der Waals surface area contributed by atoms with E-state index < -0.39 is 0 Å². The Bertz CT molecular complexity index is 650. The predicted octanol–water partition coefficient (Wildman–Crippen LogP) is 3.33. The summed E-state index contributed by atoms with van der Waals surface area (Å²) in [5.41, 5.74) is 1.07. The number of hydrogen-bond donors (Lipinski definition) is 0. The minimum absolute atomic E-state index is 0.343. The monoisotopic (exact) mass is 390 g/mol. The molecule has 6 heteroatoms.